The Morgan fingerprint density at radius 1 is 1.00 bits per heavy atom. The van der Waals surface area contributed by atoms with E-state index < -0.39 is 0 Å². The van der Waals surface area contributed by atoms with Gasteiger partial charge < -0.3 is 4.90 Å². The Bertz CT molecular complexity index is 272. The van der Waals surface area contributed by atoms with Gasteiger partial charge in [-0.15, -0.1) is 0 Å². The highest BCUT2D eigenvalue weighted by atomic mass is 15.3. The topological polar surface area (TPSA) is 15.6 Å². The van der Waals surface area contributed by atoms with Gasteiger partial charge in [-0.3, -0.25) is 4.99 Å². The first kappa shape index (κ1) is 8.60. The van der Waals surface area contributed by atoms with E-state index in [1.165, 1.54) is 25.8 Å². The maximum Gasteiger partial charge on any atom is 0.0855 e. The summed E-state index contributed by atoms with van der Waals surface area (Å²) in [6, 6.07) is 0. The van der Waals surface area contributed by atoms with Crippen molar-refractivity contribution >= 4 is 6.34 Å². The van der Waals surface area contributed by atoms with Gasteiger partial charge in [-0.25, -0.2) is 0 Å². The van der Waals surface area contributed by atoms with Crippen LogP contribution in [0.4, 0.5) is 0 Å². The fourth-order valence-electron chi connectivity index (χ4n) is 5.16. The summed E-state index contributed by atoms with van der Waals surface area (Å²) in [5.41, 5.74) is 0.564. The fourth-order valence-corrected chi connectivity index (χ4v) is 5.16. The second kappa shape index (κ2) is 2.78. The maximum absolute atomic E-state index is 4.42. The van der Waals surface area contributed by atoms with Gasteiger partial charge in [-0.2, -0.15) is 0 Å². The van der Waals surface area contributed by atoms with E-state index in [4.69, 9.17) is 0 Å². The summed E-state index contributed by atoms with van der Waals surface area (Å²) in [6.45, 7) is 2.24. The lowest BCUT2D eigenvalue weighted by Crippen LogP contribution is -2.59. The summed E-state index contributed by atoms with van der Waals surface area (Å²) in [6.07, 6.45) is 11.2. The second-order valence-corrected chi connectivity index (χ2v) is 6.36. The molecule has 15 heavy (non-hydrogen) atoms. The lowest BCUT2D eigenvalue weighted by molar-refractivity contribution is -0.0573. The Morgan fingerprint density at radius 2 is 1.60 bits per heavy atom. The molecular formula is C13H20N2. The van der Waals surface area contributed by atoms with E-state index in [9.17, 15) is 0 Å². The van der Waals surface area contributed by atoms with E-state index in [2.05, 4.69) is 16.2 Å². The minimum atomic E-state index is 0.564. The highest BCUT2D eigenvalue weighted by molar-refractivity contribution is 5.59. The second-order valence-electron chi connectivity index (χ2n) is 6.36. The molecule has 2 heteroatoms. The predicted molar refractivity (Wildman–Crippen MR) is 61.0 cm³/mol. The van der Waals surface area contributed by atoms with Crippen molar-refractivity contribution in [1.29, 1.82) is 0 Å². The largest absolute Gasteiger partial charge is 0.355 e. The minimum absolute atomic E-state index is 0.564. The summed E-state index contributed by atoms with van der Waals surface area (Å²) < 4.78 is 0. The molecule has 4 saturated carbocycles. The van der Waals surface area contributed by atoms with Crippen molar-refractivity contribution in [2.45, 2.75) is 44.1 Å². The molecule has 0 saturated heterocycles. The van der Waals surface area contributed by atoms with E-state index in [1.54, 1.807) is 19.3 Å². The Balaban J connectivity index is 1.68. The van der Waals surface area contributed by atoms with Crippen molar-refractivity contribution in [2.75, 3.05) is 13.1 Å². The van der Waals surface area contributed by atoms with Crippen LogP contribution in [0.1, 0.15) is 38.5 Å². The molecule has 5 rings (SSSR count). The van der Waals surface area contributed by atoms with E-state index >= 15 is 0 Å². The van der Waals surface area contributed by atoms with Crippen LogP contribution in [0.25, 0.3) is 0 Å². The van der Waals surface area contributed by atoms with Gasteiger partial charge in [-0.05, 0) is 56.3 Å². The van der Waals surface area contributed by atoms with Crippen LogP contribution in [-0.2, 0) is 0 Å². The summed E-state index contributed by atoms with van der Waals surface area (Å²) >= 11 is 0. The van der Waals surface area contributed by atoms with Crippen LogP contribution in [0.2, 0.25) is 0 Å². The van der Waals surface area contributed by atoms with Crippen LogP contribution in [-0.4, -0.2) is 29.9 Å². The van der Waals surface area contributed by atoms with Gasteiger partial charge in [0.1, 0.15) is 0 Å². The van der Waals surface area contributed by atoms with E-state index in [1.807, 2.05) is 0 Å². The van der Waals surface area contributed by atoms with Gasteiger partial charge in [0.05, 0.1) is 12.9 Å². The van der Waals surface area contributed by atoms with E-state index in [0.29, 0.717) is 5.54 Å². The Morgan fingerprint density at radius 3 is 2.07 bits per heavy atom. The molecule has 2 nitrogen and oxygen atoms in total. The Hall–Kier alpha value is -0.530. The molecule has 1 heterocycles. The third-order valence-corrected chi connectivity index (χ3v) is 5.31. The van der Waals surface area contributed by atoms with Crippen molar-refractivity contribution in [1.82, 2.24) is 4.90 Å². The molecule has 4 bridgehead atoms. The van der Waals surface area contributed by atoms with Crippen LogP contribution in [0.15, 0.2) is 4.99 Å². The number of hydrogen-bond donors (Lipinski definition) is 0. The standard InChI is InChI=1S/C13H20N2/c1-2-15(9-14-1)13-6-10-3-11(7-13)5-12(4-10)8-13/h9-12H,1-8H2. The van der Waals surface area contributed by atoms with Crippen molar-refractivity contribution in [3.05, 3.63) is 0 Å². The fraction of sp³-hybridized carbons (Fsp3) is 0.923. The first-order valence-corrected chi connectivity index (χ1v) is 6.61. The molecule has 4 fully saturated rings. The lowest BCUT2D eigenvalue weighted by atomic mass is 9.52. The summed E-state index contributed by atoms with van der Waals surface area (Å²) in [4.78, 5) is 7.03. The van der Waals surface area contributed by atoms with Gasteiger partial charge in [0, 0.05) is 12.1 Å². The predicted octanol–water partition coefficient (Wildman–Crippen LogP) is 2.30. The molecule has 0 radical (unpaired) electrons. The zero-order valence-electron chi connectivity index (χ0n) is 9.36. The molecule has 0 unspecified atom stereocenters. The van der Waals surface area contributed by atoms with Crippen LogP contribution in [0.5, 0.6) is 0 Å². The average molecular weight is 204 g/mol. The van der Waals surface area contributed by atoms with Gasteiger partial charge in [0.2, 0.25) is 0 Å². The minimum Gasteiger partial charge on any atom is -0.355 e. The molecule has 82 valence electrons. The van der Waals surface area contributed by atoms with Crippen molar-refractivity contribution in [2.24, 2.45) is 22.7 Å². The van der Waals surface area contributed by atoms with E-state index in [0.717, 1.165) is 24.3 Å². The Kier molecular flexibility index (Phi) is 1.59. The third-order valence-electron chi connectivity index (χ3n) is 5.31. The van der Waals surface area contributed by atoms with Crippen molar-refractivity contribution in [3.8, 4) is 0 Å². The quantitative estimate of drug-likeness (QED) is 0.640. The molecule has 1 aliphatic heterocycles. The van der Waals surface area contributed by atoms with Gasteiger partial charge in [-0.1, -0.05) is 0 Å². The summed E-state index contributed by atoms with van der Waals surface area (Å²) in [5.74, 6) is 3.18. The van der Waals surface area contributed by atoms with E-state index in [-0.39, 0.29) is 0 Å². The molecular weight excluding hydrogens is 184 g/mol. The van der Waals surface area contributed by atoms with Gasteiger partial charge in [0.15, 0.2) is 0 Å². The molecule has 0 aromatic rings. The highest BCUT2D eigenvalue weighted by Crippen LogP contribution is 2.57. The van der Waals surface area contributed by atoms with Crippen LogP contribution < -0.4 is 0 Å². The zero-order chi connectivity index (χ0) is 9.88. The Labute approximate surface area is 91.8 Å². The maximum atomic E-state index is 4.42. The molecule has 0 aromatic heterocycles. The number of rotatable bonds is 1. The van der Waals surface area contributed by atoms with Crippen molar-refractivity contribution < 1.29 is 0 Å². The summed E-state index contributed by atoms with van der Waals surface area (Å²) in [7, 11) is 0. The number of aliphatic imine (C=N–C) groups is 1. The summed E-state index contributed by atoms with van der Waals surface area (Å²) in [5, 5.41) is 0. The number of nitrogens with zero attached hydrogens (tertiary/aromatic N) is 2. The van der Waals surface area contributed by atoms with Gasteiger partial charge in [0.25, 0.3) is 0 Å². The highest BCUT2D eigenvalue weighted by Gasteiger charge is 2.53. The molecule has 0 atom stereocenters. The smallest absolute Gasteiger partial charge is 0.0855 e. The van der Waals surface area contributed by atoms with Gasteiger partial charge >= 0.3 is 0 Å². The first-order chi connectivity index (χ1) is 7.34. The zero-order valence-corrected chi connectivity index (χ0v) is 9.36. The molecule has 0 N–H and O–H groups in total. The lowest BCUT2D eigenvalue weighted by Gasteiger charge is -2.59. The molecule has 0 aromatic carbocycles. The average Bonchev–Trinajstić information content (AvgIpc) is 2.67. The molecule has 5 aliphatic rings. The van der Waals surface area contributed by atoms with Crippen LogP contribution in [0, 0.1) is 17.8 Å². The SMILES string of the molecule is C1=NCCN1C12CC3CC(CC(C3)C1)C2. The van der Waals surface area contributed by atoms with Crippen molar-refractivity contribution in [3.63, 3.8) is 0 Å². The first-order valence-electron chi connectivity index (χ1n) is 6.61. The number of hydrogen-bond acceptors (Lipinski definition) is 2. The van der Waals surface area contributed by atoms with Crippen LogP contribution in [0.3, 0.4) is 0 Å². The third kappa shape index (κ3) is 1.14. The molecule has 0 amide bonds. The molecule has 4 aliphatic carbocycles. The van der Waals surface area contributed by atoms with Crippen LogP contribution >= 0.6 is 0 Å². The molecule has 0 spiro atoms. The monoisotopic (exact) mass is 204 g/mol. The normalized spacial score (nSPS) is 51.7.